The fourth-order valence-corrected chi connectivity index (χ4v) is 3.25. The summed E-state index contributed by atoms with van der Waals surface area (Å²) in [6.45, 7) is 9.28. The monoisotopic (exact) mass is 620 g/mol. The van der Waals surface area contributed by atoms with Gasteiger partial charge in [-0.3, -0.25) is 0 Å². The van der Waals surface area contributed by atoms with Crippen molar-refractivity contribution >= 4 is 31.9 Å². The van der Waals surface area contributed by atoms with Gasteiger partial charge in [-0.25, -0.2) is 0 Å². The predicted octanol–water partition coefficient (Wildman–Crippen LogP) is 2.43. The van der Waals surface area contributed by atoms with Crippen molar-refractivity contribution in [1.82, 2.24) is 9.80 Å². The summed E-state index contributed by atoms with van der Waals surface area (Å²) in [4.78, 5) is 4.22. The SMILES string of the molecule is CC(C)[O-].CC(C)[O-].CN(CCN(C)Cc1cccc(Br)c1[O-])Cc1cccc(Br)c1[O-].[Ti+4]. The van der Waals surface area contributed by atoms with Gasteiger partial charge >= 0.3 is 21.7 Å². The maximum absolute atomic E-state index is 12.0. The molecule has 33 heavy (non-hydrogen) atoms. The van der Waals surface area contributed by atoms with E-state index in [4.69, 9.17) is 0 Å². The van der Waals surface area contributed by atoms with Crippen LogP contribution < -0.4 is 20.4 Å². The Morgan fingerprint density at radius 3 is 1.24 bits per heavy atom. The van der Waals surface area contributed by atoms with Gasteiger partial charge in [0, 0.05) is 35.1 Å². The van der Waals surface area contributed by atoms with Crippen LogP contribution in [0.4, 0.5) is 0 Å². The number of para-hydroxylation sites is 2. The summed E-state index contributed by atoms with van der Waals surface area (Å²) >= 11 is 6.55. The zero-order valence-corrected chi connectivity index (χ0v) is 25.0. The van der Waals surface area contributed by atoms with E-state index in [9.17, 15) is 20.4 Å². The van der Waals surface area contributed by atoms with Crippen molar-refractivity contribution in [2.24, 2.45) is 0 Å². The molecule has 2 rings (SSSR count). The minimum atomic E-state index is -0.417. The van der Waals surface area contributed by atoms with Crippen molar-refractivity contribution in [3.05, 3.63) is 56.5 Å². The molecule has 2 aromatic carbocycles. The first-order chi connectivity index (χ1) is 14.8. The van der Waals surface area contributed by atoms with E-state index in [0.29, 0.717) is 22.0 Å². The maximum Gasteiger partial charge on any atom is 4.00 e. The molecule has 0 aliphatic rings. The van der Waals surface area contributed by atoms with E-state index in [0.717, 1.165) is 24.2 Å². The van der Waals surface area contributed by atoms with E-state index < -0.39 is 12.2 Å². The molecule has 0 N–H and O–H groups in total. The number of rotatable bonds is 7. The molecule has 0 atom stereocenters. The second-order valence-electron chi connectivity index (χ2n) is 8.03. The van der Waals surface area contributed by atoms with Crippen LogP contribution in [-0.2, 0) is 34.8 Å². The van der Waals surface area contributed by atoms with Gasteiger partial charge in [-0.05, 0) is 37.4 Å². The van der Waals surface area contributed by atoms with E-state index in [1.807, 2.05) is 38.4 Å². The summed E-state index contributed by atoms with van der Waals surface area (Å²) in [5.41, 5.74) is 1.56. The molecule has 0 saturated carbocycles. The van der Waals surface area contributed by atoms with Gasteiger partial charge in [-0.15, -0.1) is 12.2 Å². The molecule has 0 aromatic heterocycles. The van der Waals surface area contributed by atoms with Crippen LogP contribution in [0.25, 0.3) is 0 Å². The van der Waals surface area contributed by atoms with Crippen molar-refractivity contribution in [1.29, 1.82) is 0 Å². The second kappa shape index (κ2) is 18.8. The molecular weight excluding hydrogens is 588 g/mol. The van der Waals surface area contributed by atoms with Crippen LogP contribution in [0.1, 0.15) is 38.8 Å². The smallest absolute Gasteiger partial charge is 0.871 e. The van der Waals surface area contributed by atoms with Crippen LogP contribution in [0.5, 0.6) is 11.5 Å². The first-order valence-corrected chi connectivity index (χ1v) is 12.0. The third kappa shape index (κ3) is 16.8. The molecule has 0 fully saturated rings. The van der Waals surface area contributed by atoms with Crippen LogP contribution >= 0.6 is 31.9 Å². The quantitative estimate of drug-likeness (QED) is 0.441. The zero-order chi connectivity index (χ0) is 24.8. The van der Waals surface area contributed by atoms with Crippen LogP contribution in [0.15, 0.2) is 45.3 Å². The van der Waals surface area contributed by atoms with Gasteiger partial charge in [0.1, 0.15) is 0 Å². The van der Waals surface area contributed by atoms with E-state index in [2.05, 4.69) is 41.7 Å². The fraction of sp³-hybridized carbons (Fsp3) is 0.500. The Balaban J connectivity index is 0. The Bertz CT molecular complexity index is 724. The molecule has 9 heteroatoms. The molecule has 0 aliphatic heterocycles. The van der Waals surface area contributed by atoms with Crippen molar-refractivity contribution in [3.8, 4) is 11.5 Å². The molecule has 0 radical (unpaired) electrons. The number of hydrogen-bond donors (Lipinski definition) is 0. The molecule has 2 aromatic rings. The first kappa shape index (κ1) is 34.7. The Morgan fingerprint density at radius 1 is 0.697 bits per heavy atom. The third-order valence-electron chi connectivity index (χ3n) is 3.84. The van der Waals surface area contributed by atoms with Crippen LogP contribution in [0.2, 0.25) is 0 Å². The average Bonchev–Trinajstić information content (AvgIpc) is 2.67. The molecule has 0 aliphatic carbocycles. The number of hydrogen-bond acceptors (Lipinski definition) is 6. The minimum absolute atomic E-state index is 0. The molecule has 0 unspecified atom stereocenters. The van der Waals surface area contributed by atoms with Crippen molar-refractivity contribution < 1.29 is 42.1 Å². The summed E-state index contributed by atoms with van der Waals surface area (Å²) in [7, 11) is 3.98. The molecule has 0 heterocycles. The van der Waals surface area contributed by atoms with Gasteiger partial charge in [-0.2, -0.15) is 0 Å². The standard InChI is InChI=1S/C18H22Br2N2O2.2C3H7O.Ti/c1-21(11-13-5-3-7-15(19)17(13)23)9-10-22(2)12-14-6-4-8-16(20)18(14)24;2*1-3(2)4;/h3-8,23-24H,9-12H2,1-2H3;2*3H,1-2H3;/q;2*-1;+4/p-2. The number of benzene rings is 2. The van der Waals surface area contributed by atoms with Crippen LogP contribution in [0, 0.1) is 0 Å². The molecule has 182 valence electrons. The summed E-state index contributed by atoms with van der Waals surface area (Å²) in [6.07, 6.45) is -0.833. The third-order valence-corrected chi connectivity index (χ3v) is 5.09. The van der Waals surface area contributed by atoms with Crippen molar-refractivity contribution in [2.75, 3.05) is 27.2 Å². The summed E-state index contributed by atoms with van der Waals surface area (Å²) < 4.78 is 1.20. The second-order valence-corrected chi connectivity index (χ2v) is 9.74. The van der Waals surface area contributed by atoms with Gasteiger partial charge in [-0.1, -0.05) is 95.3 Å². The zero-order valence-electron chi connectivity index (χ0n) is 20.2. The number of likely N-dealkylation sites (N-methyl/N-ethyl adjacent to an activating group) is 2. The fourth-order valence-electron chi connectivity index (χ4n) is 2.44. The number of nitrogens with zero attached hydrogens (tertiary/aromatic N) is 2. The molecule has 0 spiro atoms. The molecule has 6 nitrogen and oxygen atoms in total. The van der Waals surface area contributed by atoms with E-state index in [-0.39, 0.29) is 33.2 Å². The van der Waals surface area contributed by atoms with Gasteiger partial charge in [0.2, 0.25) is 0 Å². The van der Waals surface area contributed by atoms with Crippen LogP contribution in [-0.4, -0.2) is 49.2 Å². The Labute approximate surface area is 230 Å². The van der Waals surface area contributed by atoms with Gasteiger partial charge in [0.25, 0.3) is 0 Å². The topological polar surface area (TPSA) is 98.7 Å². The summed E-state index contributed by atoms with van der Waals surface area (Å²) in [6, 6.07) is 11.0. The minimum Gasteiger partial charge on any atom is -0.871 e. The van der Waals surface area contributed by atoms with Gasteiger partial charge in [0.05, 0.1) is 0 Å². The largest absolute Gasteiger partial charge is 4.00 e. The van der Waals surface area contributed by atoms with E-state index in [1.54, 1.807) is 39.8 Å². The maximum atomic E-state index is 12.0. The predicted molar refractivity (Wildman–Crippen MR) is 130 cm³/mol. The van der Waals surface area contributed by atoms with Gasteiger partial charge in [0.15, 0.2) is 0 Å². The first-order valence-electron chi connectivity index (χ1n) is 10.4. The average molecular weight is 622 g/mol. The summed E-state index contributed by atoms with van der Waals surface area (Å²) in [5.74, 6) is 0.0886. The van der Waals surface area contributed by atoms with Crippen molar-refractivity contribution in [3.63, 3.8) is 0 Å². The molecular formula is C24H34Br2N2O4Ti. The molecule has 0 amide bonds. The summed E-state index contributed by atoms with van der Waals surface area (Å²) in [5, 5.41) is 43.1. The Hall–Kier alpha value is -0.446. The Kier molecular flexibility index (Phi) is 19.8. The van der Waals surface area contributed by atoms with Gasteiger partial charge < -0.3 is 30.2 Å². The Morgan fingerprint density at radius 2 is 0.970 bits per heavy atom. The van der Waals surface area contributed by atoms with E-state index in [1.165, 1.54) is 0 Å². The molecule has 0 saturated heterocycles. The van der Waals surface area contributed by atoms with Crippen LogP contribution in [0.3, 0.4) is 0 Å². The van der Waals surface area contributed by atoms with Crippen molar-refractivity contribution in [2.45, 2.75) is 53.0 Å². The molecule has 0 bridgehead atoms. The van der Waals surface area contributed by atoms with E-state index >= 15 is 0 Å². The normalized spacial score (nSPS) is 10.5. The number of halogens is 2.